The number of aromatic nitrogens is 2. The fraction of sp³-hybridized carbons (Fsp3) is 0.476. The number of benzene rings is 1. The first-order valence-electron chi connectivity index (χ1n) is 9.70. The number of halogens is 1. The lowest BCUT2D eigenvalue weighted by molar-refractivity contribution is -0.153. The number of anilines is 1. The SMILES string of the molecule is CCP(=O)(CC)C(Nc1ncc(Br)nc1Cc1ccccc1)C(=O)OC(C)(C)C. The van der Waals surface area contributed by atoms with Gasteiger partial charge in [0.1, 0.15) is 23.2 Å². The second kappa shape index (κ2) is 9.86. The Morgan fingerprint density at radius 1 is 1.21 bits per heavy atom. The number of carbonyl (C=O) groups excluding carboxylic acids is 1. The van der Waals surface area contributed by atoms with Crippen molar-refractivity contribution in [3.8, 4) is 0 Å². The number of hydrogen-bond acceptors (Lipinski definition) is 6. The van der Waals surface area contributed by atoms with Crippen LogP contribution in [0.15, 0.2) is 41.1 Å². The fourth-order valence-corrected chi connectivity index (χ4v) is 5.17. The van der Waals surface area contributed by atoms with Crippen molar-refractivity contribution in [2.45, 2.75) is 52.4 Å². The molecule has 1 N–H and O–H groups in total. The van der Waals surface area contributed by atoms with Crippen molar-refractivity contribution in [2.24, 2.45) is 0 Å². The molecule has 1 unspecified atom stereocenters. The quantitative estimate of drug-likeness (QED) is 0.406. The molecule has 0 saturated heterocycles. The summed E-state index contributed by atoms with van der Waals surface area (Å²) in [5, 5.41) is 3.13. The smallest absolute Gasteiger partial charge is 0.336 e. The van der Waals surface area contributed by atoms with E-state index in [1.54, 1.807) is 27.0 Å². The van der Waals surface area contributed by atoms with E-state index in [9.17, 15) is 9.36 Å². The van der Waals surface area contributed by atoms with Crippen molar-refractivity contribution in [1.82, 2.24) is 9.97 Å². The summed E-state index contributed by atoms with van der Waals surface area (Å²) in [4.78, 5) is 21.9. The highest BCUT2D eigenvalue weighted by molar-refractivity contribution is 9.10. The van der Waals surface area contributed by atoms with Gasteiger partial charge in [0.05, 0.1) is 11.9 Å². The van der Waals surface area contributed by atoms with Gasteiger partial charge in [0.2, 0.25) is 0 Å². The predicted molar refractivity (Wildman–Crippen MR) is 121 cm³/mol. The van der Waals surface area contributed by atoms with Crippen LogP contribution in [0.2, 0.25) is 0 Å². The summed E-state index contributed by atoms with van der Waals surface area (Å²) in [5.74, 6) is -1.06. The summed E-state index contributed by atoms with van der Waals surface area (Å²) in [6.07, 6.45) is 2.86. The van der Waals surface area contributed by atoms with Gasteiger partial charge in [-0.1, -0.05) is 44.2 Å². The molecule has 0 bridgehead atoms. The third kappa shape index (κ3) is 6.65. The van der Waals surface area contributed by atoms with Gasteiger partial charge in [-0.15, -0.1) is 0 Å². The number of nitrogens with zero attached hydrogens (tertiary/aromatic N) is 2. The van der Waals surface area contributed by atoms with E-state index in [-0.39, 0.29) is 0 Å². The van der Waals surface area contributed by atoms with Gasteiger partial charge in [0.15, 0.2) is 5.78 Å². The number of hydrogen-bond donors (Lipinski definition) is 1. The zero-order valence-electron chi connectivity index (χ0n) is 17.6. The highest BCUT2D eigenvalue weighted by Crippen LogP contribution is 2.50. The van der Waals surface area contributed by atoms with Crippen LogP contribution >= 0.6 is 23.1 Å². The molecule has 0 aliphatic heterocycles. The largest absolute Gasteiger partial charge is 0.458 e. The molecule has 8 heteroatoms. The molecule has 1 aromatic heterocycles. The lowest BCUT2D eigenvalue weighted by Gasteiger charge is -2.29. The molecule has 0 amide bonds. The molecule has 0 spiro atoms. The lowest BCUT2D eigenvalue weighted by Crippen LogP contribution is -2.38. The van der Waals surface area contributed by atoms with Gasteiger partial charge in [-0.2, -0.15) is 0 Å². The second-order valence-electron chi connectivity index (χ2n) is 7.82. The van der Waals surface area contributed by atoms with Crippen LogP contribution in [-0.4, -0.2) is 39.6 Å². The minimum atomic E-state index is -2.88. The monoisotopic (exact) mass is 481 g/mol. The lowest BCUT2D eigenvalue weighted by atomic mass is 10.1. The number of ether oxygens (including phenoxy) is 1. The Hall–Kier alpha value is -1.72. The Labute approximate surface area is 181 Å². The first kappa shape index (κ1) is 23.6. The predicted octanol–water partition coefficient (Wildman–Crippen LogP) is 5.31. The van der Waals surface area contributed by atoms with Crippen LogP contribution in [-0.2, 0) is 20.5 Å². The van der Waals surface area contributed by atoms with Gasteiger partial charge in [-0.25, -0.2) is 14.8 Å². The van der Waals surface area contributed by atoms with Crippen molar-refractivity contribution in [3.05, 3.63) is 52.4 Å². The van der Waals surface area contributed by atoms with E-state index >= 15 is 0 Å². The maximum absolute atomic E-state index is 13.5. The van der Waals surface area contributed by atoms with Gasteiger partial charge < -0.3 is 14.6 Å². The highest BCUT2D eigenvalue weighted by atomic mass is 79.9. The fourth-order valence-electron chi connectivity index (χ4n) is 2.88. The molecule has 6 nitrogen and oxygen atoms in total. The van der Waals surface area contributed by atoms with Crippen LogP contribution in [0.3, 0.4) is 0 Å². The van der Waals surface area contributed by atoms with Gasteiger partial charge in [0, 0.05) is 18.7 Å². The molecule has 0 aliphatic rings. The van der Waals surface area contributed by atoms with Crippen molar-refractivity contribution >= 4 is 34.9 Å². The number of esters is 1. The molecule has 1 atom stereocenters. The first-order chi connectivity index (χ1) is 13.6. The molecule has 158 valence electrons. The molecule has 1 heterocycles. The summed E-state index contributed by atoms with van der Waals surface area (Å²) in [6, 6.07) is 9.87. The topological polar surface area (TPSA) is 81.2 Å². The average molecular weight is 482 g/mol. The number of rotatable bonds is 8. The Bertz CT molecular complexity index is 876. The zero-order chi connectivity index (χ0) is 21.7. The maximum atomic E-state index is 13.5. The Morgan fingerprint density at radius 2 is 1.83 bits per heavy atom. The van der Waals surface area contributed by atoms with Crippen molar-refractivity contribution in [2.75, 3.05) is 17.6 Å². The van der Waals surface area contributed by atoms with Crippen molar-refractivity contribution in [3.63, 3.8) is 0 Å². The number of nitrogens with one attached hydrogen (secondary N) is 1. The van der Waals surface area contributed by atoms with Crippen LogP contribution in [0.1, 0.15) is 45.9 Å². The van der Waals surface area contributed by atoms with Crippen molar-refractivity contribution < 1.29 is 14.1 Å². The molecular formula is C21H29BrN3O3P. The third-order valence-corrected chi connectivity index (χ3v) is 8.28. The minimum Gasteiger partial charge on any atom is -0.458 e. The normalized spacial score (nSPS) is 13.0. The first-order valence-corrected chi connectivity index (χ1v) is 12.6. The molecule has 0 radical (unpaired) electrons. The molecule has 0 saturated carbocycles. The summed E-state index contributed by atoms with van der Waals surface area (Å²) in [5.41, 5.74) is 1.05. The van der Waals surface area contributed by atoms with Gasteiger partial charge >= 0.3 is 5.97 Å². The highest BCUT2D eigenvalue weighted by Gasteiger charge is 2.39. The van der Waals surface area contributed by atoms with Crippen LogP contribution in [0, 0.1) is 0 Å². The summed E-state index contributed by atoms with van der Waals surface area (Å²) < 4.78 is 19.7. The van der Waals surface area contributed by atoms with E-state index in [1.807, 2.05) is 44.2 Å². The van der Waals surface area contributed by atoms with Crippen LogP contribution < -0.4 is 5.32 Å². The molecule has 2 aromatic rings. The molecule has 0 aliphatic carbocycles. The van der Waals surface area contributed by atoms with Crippen molar-refractivity contribution in [1.29, 1.82) is 0 Å². The van der Waals surface area contributed by atoms with Crippen LogP contribution in [0.5, 0.6) is 0 Å². The molecular weight excluding hydrogens is 453 g/mol. The van der Waals surface area contributed by atoms with E-state index in [2.05, 4.69) is 31.2 Å². The van der Waals surface area contributed by atoms with E-state index < -0.39 is 24.5 Å². The molecule has 1 aromatic carbocycles. The Kier molecular flexibility index (Phi) is 8.01. The van der Waals surface area contributed by atoms with Gasteiger partial charge in [0.25, 0.3) is 0 Å². The van der Waals surface area contributed by atoms with Crippen LogP contribution in [0.4, 0.5) is 5.82 Å². The minimum absolute atomic E-state index is 0.387. The Morgan fingerprint density at radius 3 is 2.38 bits per heavy atom. The third-order valence-electron chi connectivity index (χ3n) is 4.47. The van der Waals surface area contributed by atoms with Gasteiger partial charge in [-0.05, 0) is 42.3 Å². The van der Waals surface area contributed by atoms with E-state index in [0.29, 0.717) is 34.9 Å². The zero-order valence-corrected chi connectivity index (χ0v) is 20.1. The molecule has 0 fully saturated rings. The summed E-state index contributed by atoms with van der Waals surface area (Å²) >= 11 is 3.36. The van der Waals surface area contributed by atoms with Gasteiger partial charge in [-0.3, -0.25) is 0 Å². The molecule has 2 rings (SSSR count). The van der Waals surface area contributed by atoms with E-state index in [0.717, 1.165) is 5.56 Å². The standard InChI is InChI=1S/C21H29BrN3O3P/c1-6-29(27,7-2)19(20(26)28-21(3,4)5)25-18-16(24-17(22)14-23-18)13-15-11-9-8-10-12-15/h8-12,14,19H,6-7,13H2,1-5H3,(H,23,25). The van der Waals surface area contributed by atoms with Crippen LogP contribution in [0.25, 0.3) is 0 Å². The van der Waals surface area contributed by atoms with E-state index in [1.165, 1.54) is 0 Å². The Balaban J connectivity index is 2.42. The van der Waals surface area contributed by atoms with E-state index in [4.69, 9.17) is 4.74 Å². The maximum Gasteiger partial charge on any atom is 0.336 e. The summed E-state index contributed by atoms with van der Waals surface area (Å²) in [6.45, 7) is 9.06. The summed E-state index contributed by atoms with van der Waals surface area (Å²) in [7, 11) is -2.88. The molecule has 29 heavy (non-hydrogen) atoms. The second-order valence-corrected chi connectivity index (χ2v) is 12.3. The average Bonchev–Trinajstić information content (AvgIpc) is 2.66. The number of carbonyl (C=O) groups is 1.